The second-order valence-electron chi connectivity index (χ2n) is 2.64. The molecule has 0 heterocycles. The summed E-state index contributed by atoms with van der Waals surface area (Å²) in [5.41, 5.74) is 0. The van der Waals surface area contributed by atoms with Gasteiger partial charge in [0.2, 0.25) is 0 Å². The van der Waals surface area contributed by atoms with E-state index in [1.54, 1.807) is 6.92 Å². The Balaban J connectivity index is 3.61. The molecular weight excluding hydrogens is 160 g/mol. The molecule has 0 radical (unpaired) electrons. The molecule has 0 aliphatic heterocycles. The van der Waals surface area contributed by atoms with Crippen LogP contribution in [0.3, 0.4) is 0 Å². The molecule has 0 bridgehead atoms. The maximum absolute atomic E-state index is 10.8. The fourth-order valence-corrected chi connectivity index (χ4v) is 0.542. The fourth-order valence-electron chi connectivity index (χ4n) is 0.542. The molecule has 2 atom stereocenters. The van der Waals surface area contributed by atoms with Gasteiger partial charge in [-0.3, -0.25) is 4.79 Å². The van der Waals surface area contributed by atoms with Gasteiger partial charge >= 0.3 is 5.97 Å². The monoisotopic (exact) mass is 174 g/mol. The summed E-state index contributed by atoms with van der Waals surface area (Å²) >= 11 is 0. The summed E-state index contributed by atoms with van der Waals surface area (Å²) in [4.78, 5) is 20.7. The normalized spacial score (nSPS) is 14.9. The van der Waals surface area contributed by atoms with E-state index in [0.29, 0.717) is 6.29 Å². The number of carbonyl (C=O) groups is 2. The van der Waals surface area contributed by atoms with E-state index in [9.17, 15) is 9.59 Å². The number of aldehydes is 1. The third-order valence-corrected chi connectivity index (χ3v) is 1.46. The lowest BCUT2D eigenvalue weighted by molar-refractivity contribution is -0.153. The molecule has 0 aliphatic carbocycles. The maximum Gasteiger partial charge on any atom is 0.306 e. The Morgan fingerprint density at radius 2 is 2.17 bits per heavy atom. The fraction of sp³-hybridized carbons (Fsp3) is 0.750. The molecule has 0 fully saturated rings. The van der Waals surface area contributed by atoms with Gasteiger partial charge in [-0.05, 0) is 13.8 Å². The van der Waals surface area contributed by atoms with Crippen LogP contribution in [0.5, 0.6) is 0 Å². The van der Waals surface area contributed by atoms with Gasteiger partial charge in [0.1, 0.15) is 12.4 Å². The highest BCUT2D eigenvalue weighted by Gasteiger charge is 2.13. The Hall–Kier alpha value is -0.900. The summed E-state index contributed by atoms with van der Waals surface area (Å²) in [5, 5.41) is 8.95. The van der Waals surface area contributed by atoms with Crippen LogP contribution in [-0.2, 0) is 14.3 Å². The van der Waals surface area contributed by atoms with Crippen LogP contribution in [0.1, 0.15) is 26.7 Å². The lowest BCUT2D eigenvalue weighted by atomic mass is 10.2. The average molecular weight is 174 g/mol. The van der Waals surface area contributed by atoms with Crippen molar-refractivity contribution in [3.05, 3.63) is 0 Å². The van der Waals surface area contributed by atoms with Crippen molar-refractivity contribution in [1.29, 1.82) is 0 Å². The van der Waals surface area contributed by atoms with Gasteiger partial charge in [0.15, 0.2) is 0 Å². The molecule has 4 nitrogen and oxygen atoms in total. The molecule has 0 aromatic carbocycles. The zero-order valence-corrected chi connectivity index (χ0v) is 7.32. The van der Waals surface area contributed by atoms with Gasteiger partial charge in [-0.25, -0.2) is 0 Å². The Labute approximate surface area is 71.5 Å². The molecular formula is C8H14O4. The van der Waals surface area contributed by atoms with Crippen LogP contribution in [0.15, 0.2) is 0 Å². The number of aliphatic hydroxyl groups is 1. The van der Waals surface area contributed by atoms with Crippen molar-refractivity contribution < 1.29 is 19.4 Å². The highest BCUT2D eigenvalue weighted by atomic mass is 16.6. The van der Waals surface area contributed by atoms with Gasteiger partial charge in [0.25, 0.3) is 0 Å². The number of carbonyl (C=O) groups excluding carboxylic acids is 2. The highest BCUT2D eigenvalue weighted by molar-refractivity contribution is 5.72. The van der Waals surface area contributed by atoms with Gasteiger partial charge in [0, 0.05) is 6.42 Å². The quantitative estimate of drug-likeness (QED) is 0.480. The molecule has 0 saturated heterocycles. The molecule has 0 amide bonds. The van der Waals surface area contributed by atoms with E-state index < -0.39 is 18.2 Å². The van der Waals surface area contributed by atoms with Crippen LogP contribution in [0.2, 0.25) is 0 Å². The van der Waals surface area contributed by atoms with Crippen LogP contribution in [0, 0.1) is 0 Å². The van der Waals surface area contributed by atoms with Crippen molar-refractivity contribution in [2.75, 3.05) is 0 Å². The van der Waals surface area contributed by atoms with Crippen molar-refractivity contribution >= 4 is 12.3 Å². The Bertz CT molecular complexity index is 153. The molecule has 0 aromatic heterocycles. The largest absolute Gasteiger partial charge is 0.460 e. The first kappa shape index (κ1) is 11.1. The summed E-state index contributed by atoms with van der Waals surface area (Å²) in [6.45, 7) is 3.14. The van der Waals surface area contributed by atoms with Gasteiger partial charge in [0.05, 0.1) is 12.5 Å². The van der Waals surface area contributed by atoms with E-state index in [4.69, 9.17) is 9.84 Å². The second-order valence-corrected chi connectivity index (χ2v) is 2.64. The lowest BCUT2D eigenvalue weighted by Crippen LogP contribution is -2.25. The Morgan fingerprint density at radius 3 is 2.58 bits per heavy atom. The standard InChI is InChI=1S/C8H14O4/c1-6(10)7(2)12-8(11)4-3-5-9/h5-7,10H,3-4H2,1-2H3. The number of ether oxygens (including phenoxy) is 1. The predicted molar refractivity (Wildman–Crippen MR) is 42.5 cm³/mol. The SMILES string of the molecule is CC(O)C(C)OC(=O)CCC=O. The van der Waals surface area contributed by atoms with Crippen LogP contribution >= 0.6 is 0 Å². The van der Waals surface area contributed by atoms with Crippen molar-refractivity contribution in [3.63, 3.8) is 0 Å². The summed E-state index contributed by atoms with van der Waals surface area (Å²) in [6.07, 6.45) is -0.269. The number of hydrogen-bond donors (Lipinski definition) is 1. The van der Waals surface area contributed by atoms with Crippen LogP contribution in [0.25, 0.3) is 0 Å². The summed E-state index contributed by atoms with van der Waals surface area (Å²) in [5.74, 6) is -0.449. The molecule has 1 N–H and O–H groups in total. The Morgan fingerprint density at radius 1 is 1.58 bits per heavy atom. The first-order chi connectivity index (χ1) is 5.57. The Kier molecular flexibility index (Phi) is 5.28. The summed E-state index contributed by atoms with van der Waals surface area (Å²) in [7, 11) is 0. The van der Waals surface area contributed by atoms with E-state index >= 15 is 0 Å². The lowest BCUT2D eigenvalue weighted by Gasteiger charge is -2.14. The van der Waals surface area contributed by atoms with Crippen LogP contribution in [0.4, 0.5) is 0 Å². The van der Waals surface area contributed by atoms with Gasteiger partial charge < -0.3 is 14.6 Å². The molecule has 12 heavy (non-hydrogen) atoms. The van der Waals surface area contributed by atoms with Crippen molar-refractivity contribution in [1.82, 2.24) is 0 Å². The van der Waals surface area contributed by atoms with Crippen molar-refractivity contribution in [2.24, 2.45) is 0 Å². The first-order valence-corrected chi connectivity index (χ1v) is 3.89. The van der Waals surface area contributed by atoms with E-state index in [2.05, 4.69) is 0 Å². The van der Waals surface area contributed by atoms with Gasteiger partial charge in [-0.1, -0.05) is 0 Å². The number of aliphatic hydroxyl groups excluding tert-OH is 1. The molecule has 0 spiro atoms. The highest BCUT2D eigenvalue weighted by Crippen LogP contribution is 2.00. The minimum Gasteiger partial charge on any atom is -0.460 e. The number of hydrogen-bond acceptors (Lipinski definition) is 4. The van der Waals surface area contributed by atoms with E-state index in [1.807, 2.05) is 0 Å². The zero-order chi connectivity index (χ0) is 9.56. The third kappa shape index (κ3) is 4.85. The van der Waals surface area contributed by atoms with E-state index in [0.717, 1.165) is 0 Å². The minimum absolute atomic E-state index is 0.0839. The van der Waals surface area contributed by atoms with Gasteiger partial charge in [-0.15, -0.1) is 0 Å². The summed E-state index contributed by atoms with van der Waals surface area (Å²) in [6, 6.07) is 0. The summed E-state index contributed by atoms with van der Waals surface area (Å²) < 4.78 is 4.77. The van der Waals surface area contributed by atoms with Crippen LogP contribution in [-0.4, -0.2) is 29.6 Å². The van der Waals surface area contributed by atoms with E-state index in [1.165, 1.54) is 6.92 Å². The minimum atomic E-state index is -0.676. The van der Waals surface area contributed by atoms with E-state index in [-0.39, 0.29) is 12.8 Å². The zero-order valence-electron chi connectivity index (χ0n) is 7.32. The average Bonchev–Trinajstić information content (AvgIpc) is 2.00. The number of rotatable bonds is 5. The number of esters is 1. The van der Waals surface area contributed by atoms with Crippen LogP contribution < -0.4 is 0 Å². The molecule has 70 valence electrons. The second kappa shape index (κ2) is 5.71. The molecule has 0 aromatic rings. The smallest absolute Gasteiger partial charge is 0.306 e. The predicted octanol–water partition coefficient (Wildman–Crippen LogP) is 0.278. The van der Waals surface area contributed by atoms with Gasteiger partial charge in [-0.2, -0.15) is 0 Å². The topological polar surface area (TPSA) is 63.6 Å². The third-order valence-electron chi connectivity index (χ3n) is 1.46. The molecule has 0 aliphatic rings. The molecule has 0 rings (SSSR count). The first-order valence-electron chi connectivity index (χ1n) is 3.89. The maximum atomic E-state index is 10.8. The van der Waals surface area contributed by atoms with Crippen molar-refractivity contribution in [2.45, 2.75) is 38.9 Å². The van der Waals surface area contributed by atoms with Crippen molar-refractivity contribution in [3.8, 4) is 0 Å². The molecule has 0 saturated carbocycles. The molecule has 2 unspecified atom stereocenters. The molecule has 4 heteroatoms.